The number of fused-ring (bicyclic) bond motifs is 1. The van der Waals surface area contributed by atoms with Gasteiger partial charge in [-0.2, -0.15) is 0 Å². The number of hydrogen-bond donors (Lipinski definition) is 1. The molecule has 1 aromatic rings. The van der Waals surface area contributed by atoms with E-state index in [4.69, 9.17) is 4.98 Å². The molecule has 1 aliphatic heterocycles. The summed E-state index contributed by atoms with van der Waals surface area (Å²) in [6.07, 6.45) is 8.97. The lowest BCUT2D eigenvalue weighted by Gasteiger charge is -2.56. The van der Waals surface area contributed by atoms with Crippen molar-refractivity contribution in [3.63, 3.8) is 0 Å². The largest absolute Gasteiger partial charge is 0.306 e. The van der Waals surface area contributed by atoms with Crippen molar-refractivity contribution in [3.8, 4) is 0 Å². The van der Waals surface area contributed by atoms with Gasteiger partial charge >= 0.3 is 0 Å². The van der Waals surface area contributed by atoms with Gasteiger partial charge in [0.1, 0.15) is 0 Å². The van der Waals surface area contributed by atoms with Crippen molar-refractivity contribution >= 4 is 11.3 Å². The molecule has 0 atom stereocenters. The summed E-state index contributed by atoms with van der Waals surface area (Å²) in [5, 5.41) is 4.94. The first-order valence-electron chi connectivity index (χ1n) is 7.50. The Morgan fingerprint density at radius 3 is 2.28 bits per heavy atom. The van der Waals surface area contributed by atoms with Gasteiger partial charge in [0, 0.05) is 23.4 Å². The topological polar surface area (TPSA) is 24.9 Å². The lowest BCUT2D eigenvalue weighted by molar-refractivity contribution is -0.00534. The third-order valence-electron chi connectivity index (χ3n) is 5.85. The molecule has 1 aromatic heterocycles. The second-order valence-corrected chi connectivity index (χ2v) is 8.27. The summed E-state index contributed by atoms with van der Waals surface area (Å²) in [6, 6.07) is 0. The Hall–Kier alpha value is -0.410. The molecule has 1 N–H and O–H groups in total. The van der Waals surface area contributed by atoms with E-state index in [1.807, 2.05) is 11.3 Å². The molecule has 0 spiro atoms. The lowest BCUT2D eigenvalue weighted by Crippen LogP contribution is -2.48. The molecule has 0 unspecified atom stereocenters. The van der Waals surface area contributed by atoms with Gasteiger partial charge in [-0.15, -0.1) is 11.3 Å². The van der Waals surface area contributed by atoms with Gasteiger partial charge < -0.3 is 5.32 Å². The first kappa shape index (κ1) is 10.4. The van der Waals surface area contributed by atoms with Crippen LogP contribution in [0.4, 0.5) is 0 Å². The Bertz CT molecular complexity index is 448. The van der Waals surface area contributed by atoms with E-state index < -0.39 is 0 Å². The van der Waals surface area contributed by atoms with E-state index in [9.17, 15) is 0 Å². The fraction of sp³-hybridized carbons (Fsp3) is 0.800. The second kappa shape index (κ2) is 3.37. The zero-order chi connectivity index (χ0) is 11.7. The van der Waals surface area contributed by atoms with Crippen LogP contribution in [0.25, 0.3) is 0 Å². The van der Waals surface area contributed by atoms with E-state index in [2.05, 4.69) is 5.32 Å². The van der Waals surface area contributed by atoms with Gasteiger partial charge in [-0.05, 0) is 56.3 Å². The molecule has 2 nitrogen and oxygen atoms in total. The molecule has 0 amide bonds. The molecular weight excluding hydrogens is 240 g/mol. The van der Waals surface area contributed by atoms with Gasteiger partial charge in [0.05, 0.1) is 10.7 Å². The molecule has 4 aliphatic carbocycles. The van der Waals surface area contributed by atoms with Crippen LogP contribution in [-0.2, 0) is 18.5 Å². The summed E-state index contributed by atoms with van der Waals surface area (Å²) < 4.78 is 0. The van der Waals surface area contributed by atoms with Crippen LogP contribution in [0, 0.1) is 17.8 Å². The van der Waals surface area contributed by atoms with Crippen LogP contribution in [-0.4, -0.2) is 4.98 Å². The fourth-order valence-corrected chi connectivity index (χ4v) is 6.82. The SMILES string of the molecule is C1NCc2sc(C34CC5CC(CC(C5)C3)C4)nc21. The molecule has 18 heavy (non-hydrogen) atoms. The monoisotopic (exact) mass is 260 g/mol. The first-order chi connectivity index (χ1) is 8.81. The maximum atomic E-state index is 5.04. The minimum Gasteiger partial charge on any atom is -0.306 e. The van der Waals surface area contributed by atoms with Gasteiger partial charge in [-0.1, -0.05) is 0 Å². The molecular formula is C15H20N2S. The van der Waals surface area contributed by atoms with Crippen LogP contribution < -0.4 is 5.32 Å². The highest BCUT2D eigenvalue weighted by molar-refractivity contribution is 7.12. The van der Waals surface area contributed by atoms with Gasteiger partial charge in [-0.25, -0.2) is 4.98 Å². The Morgan fingerprint density at radius 2 is 1.67 bits per heavy atom. The maximum Gasteiger partial charge on any atom is 0.0994 e. The number of aromatic nitrogens is 1. The van der Waals surface area contributed by atoms with Crippen molar-refractivity contribution in [1.29, 1.82) is 0 Å². The number of nitrogens with one attached hydrogen (secondary N) is 1. The van der Waals surface area contributed by atoms with E-state index in [-0.39, 0.29) is 0 Å². The van der Waals surface area contributed by atoms with E-state index in [1.165, 1.54) is 54.1 Å². The van der Waals surface area contributed by atoms with Gasteiger partial charge in [0.2, 0.25) is 0 Å². The van der Waals surface area contributed by atoms with Crippen LogP contribution in [0.3, 0.4) is 0 Å². The van der Waals surface area contributed by atoms with Crippen molar-refractivity contribution in [3.05, 3.63) is 15.6 Å². The molecule has 4 saturated carbocycles. The van der Waals surface area contributed by atoms with Crippen molar-refractivity contribution in [2.75, 3.05) is 0 Å². The highest BCUT2D eigenvalue weighted by Gasteiger charge is 2.53. The summed E-state index contributed by atoms with van der Waals surface area (Å²) in [6.45, 7) is 2.08. The quantitative estimate of drug-likeness (QED) is 0.838. The van der Waals surface area contributed by atoms with Gasteiger partial charge in [-0.3, -0.25) is 0 Å². The smallest absolute Gasteiger partial charge is 0.0994 e. The third kappa shape index (κ3) is 1.30. The molecule has 3 heteroatoms. The predicted molar refractivity (Wildman–Crippen MR) is 72.5 cm³/mol. The van der Waals surface area contributed by atoms with E-state index in [1.54, 1.807) is 0 Å². The number of nitrogens with zero attached hydrogens (tertiary/aromatic N) is 1. The van der Waals surface area contributed by atoms with E-state index in [0.717, 1.165) is 30.8 Å². The van der Waals surface area contributed by atoms with Crippen LogP contribution in [0.5, 0.6) is 0 Å². The molecule has 2 heterocycles. The van der Waals surface area contributed by atoms with E-state index in [0.29, 0.717) is 5.41 Å². The minimum atomic E-state index is 0.518. The Labute approximate surface area is 112 Å². The minimum absolute atomic E-state index is 0.518. The normalized spacial score (nSPS) is 44.6. The Morgan fingerprint density at radius 1 is 1.00 bits per heavy atom. The van der Waals surface area contributed by atoms with Gasteiger partial charge in [0.25, 0.3) is 0 Å². The van der Waals surface area contributed by atoms with Crippen molar-refractivity contribution in [1.82, 2.24) is 10.3 Å². The van der Waals surface area contributed by atoms with Crippen LogP contribution in [0.15, 0.2) is 0 Å². The summed E-state index contributed by atoms with van der Waals surface area (Å²) >= 11 is 2.04. The summed E-state index contributed by atoms with van der Waals surface area (Å²) in [5.74, 6) is 3.11. The molecule has 0 saturated heterocycles. The first-order valence-corrected chi connectivity index (χ1v) is 8.32. The lowest BCUT2D eigenvalue weighted by atomic mass is 9.50. The molecule has 4 fully saturated rings. The second-order valence-electron chi connectivity index (χ2n) is 7.19. The van der Waals surface area contributed by atoms with Crippen LogP contribution >= 0.6 is 11.3 Å². The summed E-state index contributed by atoms with van der Waals surface area (Å²) in [4.78, 5) is 6.57. The zero-order valence-electron chi connectivity index (χ0n) is 10.7. The summed E-state index contributed by atoms with van der Waals surface area (Å²) in [5.41, 5.74) is 1.88. The average Bonchev–Trinajstić information content (AvgIpc) is 2.86. The van der Waals surface area contributed by atoms with Crippen molar-refractivity contribution < 1.29 is 0 Å². The van der Waals surface area contributed by atoms with Crippen LogP contribution in [0.2, 0.25) is 0 Å². The number of hydrogen-bond acceptors (Lipinski definition) is 3. The molecule has 4 bridgehead atoms. The highest BCUT2D eigenvalue weighted by atomic mass is 32.1. The predicted octanol–water partition coefficient (Wildman–Crippen LogP) is 3.21. The molecule has 0 radical (unpaired) electrons. The average molecular weight is 260 g/mol. The van der Waals surface area contributed by atoms with Crippen molar-refractivity contribution in [2.24, 2.45) is 17.8 Å². The van der Waals surface area contributed by atoms with E-state index >= 15 is 0 Å². The van der Waals surface area contributed by atoms with Gasteiger partial charge in [0.15, 0.2) is 0 Å². The maximum absolute atomic E-state index is 5.04. The molecule has 5 aliphatic rings. The molecule has 96 valence electrons. The molecule has 0 aromatic carbocycles. The summed E-state index contributed by atoms with van der Waals surface area (Å²) in [7, 11) is 0. The standard InChI is InChI=1S/C15H20N2S/c1-9-2-11-3-10(1)5-15(4-9,6-11)14-17-12-7-16-8-13(12)18-14/h9-11,16H,1-8H2. The molecule has 6 rings (SSSR count). The Kier molecular flexibility index (Phi) is 1.94. The van der Waals surface area contributed by atoms with Crippen LogP contribution in [0.1, 0.15) is 54.1 Å². The van der Waals surface area contributed by atoms with Crippen molar-refractivity contribution in [2.45, 2.75) is 57.0 Å². The Balaban J connectivity index is 1.58. The fourth-order valence-electron chi connectivity index (χ4n) is 5.55. The number of thiazole rings is 1. The third-order valence-corrected chi connectivity index (χ3v) is 7.19. The zero-order valence-corrected chi connectivity index (χ0v) is 11.6. The number of rotatable bonds is 1. The highest BCUT2D eigenvalue weighted by Crippen LogP contribution is 2.61.